The molecule has 1 N–H and O–H groups in total. The van der Waals surface area contributed by atoms with Crippen molar-refractivity contribution in [1.29, 1.82) is 0 Å². The predicted molar refractivity (Wildman–Crippen MR) is 91.7 cm³/mol. The summed E-state index contributed by atoms with van der Waals surface area (Å²) in [6, 6.07) is 16.6. The Balaban J connectivity index is 2.12. The molecular weight excluding hydrogens is 312 g/mol. The first-order chi connectivity index (χ1) is 11.2. The van der Waals surface area contributed by atoms with Gasteiger partial charge < -0.3 is 10.2 Å². The predicted octanol–water partition coefficient (Wildman–Crippen LogP) is 3.73. The summed E-state index contributed by atoms with van der Waals surface area (Å²) >= 11 is 5.78. The summed E-state index contributed by atoms with van der Waals surface area (Å²) in [4.78, 5) is 26.7. The molecule has 0 spiro atoms. The van der Waals surface area contributed by atoms with E-state index in [0.29, 0.717) is 11.4 Å². The van der Waals surface area contributed by atoms with Crippen molar-refractivity contribution in [3.63, 3.8) is 0 Å². The van der Waals surface area contributed by atoms with E-state index in [1.165, 1.54) is 0 Å². The number of nitrogens with zero attached hydrogens (tertiary/aromatic N) is 1. The third-order valence-electron chi connectivity index (χ3n) is 3.89. The van der Waals surface area contributed by atoms with Crippen molar-refractivity contribution in [2.75, 3.05) is 16.1 Å². The van der Waals surface area contributed by atoms with Gasteiger partial charge in [0.05, 0.1) is 23.8 Å². The van der Waals surface area contributed by atoms with E-state index in [2.05, 4.69) is 5.32 Å². The first kappa shape index (κ1) is 15.6. The number of fused-ring (bicyclic) bond motifs is 1. The number of nitrogens with one attached hydrogen (secondary N) is 1. The van der Waals surface area contributed by atoms with Crippen LogP contribution in [0.1, 0.15) is 24.4 Å². The highest BCUT2D eigenvalue weighted by Gasteiger charge is 2.32. The van der Waals surface area contributed by atoms with E-state index in [0.717, 1.165) is 5.56 Å². The second kappa shape index (κ2) is 6.84. The smallest absolute Gasteiger partial charge is 0.228 e. The highest BCUT2D eigenvalue weighted by molar-refractivity contribution is 6.19. The first-order valence-electron chi connectivity index (χ1n) is 7.52. The molecule has 0 bridgehead atoms. The number of para-hydroxylation sites is 2. The fourth-order valence-corrected chi connectivity index (χ4v) is 3.04. The molecular formula is C18H17ClN2O2. The van der Waals surface area contributed by atoms with Gasteiger partial charge in [-0.15, -0.1) is 11.6 Å². The summed E-state index contributed by atoms with van der Waals surface area (Å²) in [5.41, 5.74) is 2.29. The summed E-state index contributed by atoms with van der Waals surface area (Å²) < 4.78 is 0. The standard InChI is InChI=1S/C18H17ClN2O2/c19-11-10-18(23)21-15-9-5-4-8-14(15)20-17(22)12-16(21)13-6-2-1-3-7-13/h1-9,16H,10-12H2,(H,20,22)/t16-/m1/s1. The van der Waals surface area contributed by atoms with E-state index < -0.39 is 0 Å². The van der Waals surface area contributed by atoms with Crippen LogP contribution in [0.15, 0.2) is 54.6 Å². The SMILES string of the molecule is O=C1C[C@H](c2ccccc2)N(C(=O)CCCl)c2ccccc2N1. The Morgan fingerprint density at radius 1 is 1.13 bits per heavy atom. The molecule has 118 valence electrons. The number of hydrogen-bond donors (Lipinski definition) is 1. The summed E-state index contributed by atoms with van der Waals surface area (Å²) in [7, 11) is 0. The maximum Gasteiger partial charge on any atom is 0.228 e. The van der Waals surface area contributed by atoms with Crippen LogP contribution in [-0.2, 0) is 9.59 Å². The Labute approximate surface area is 140 Å². The monoisotopic (exact) mass is 328 g/mol. The van der Waals surface area contributed by atoms with Gasteiger partial charge in [0.1, 0.15) is 0 Å². The average molecular weight is 329 g/mol. The molecule has 1 aliphatic rings. The Morgan fingerprint density at radius 3 is 2.57 bits per heavy atom. The summed E-state index contributed by atoms with van der Waals surface area (Å²) in [6.45, 7) is 0. The van der Waals surface area contributed by atoms with E-state index in [4.69, 9.17) is 11.6 Å². The van der Waals surface area contributed by atoms with Gasteiger partial charge in [0, 0.05) is 12.3 Å². The number of alkyl halides is 1. The van der Waals surface area contributed by atoms with E-state index in [-0.39, 0.29) is 36.6 Å². The van der Waals surface area contributed by atoms with Crippen molar-refractivity contribution in [3.8, 4) is 0 Å². The zero-order valence-corrected chi connectivity index (χ0v) is 13.3. The molecule has 0 aliphatic carbocycles. The van der Waals surface area contributed by atoms with Gasteiger partial charge in [-0.2, -0.15) is 0 Å². The fraction of sp³-hybridized carbons (Fsp3) is 0.222. The normalized spacial score (nSPS) is 17.2. The minimum Gasteiger partial charge on any atom is -0.324 e. The van der Waals surface area contributed by atoms with Crippen molar-refractivity contribution in [3.05, 3.63) is 60.2 Å². The number of carbonyl (C=O) groups excluding carboxylic acids is 2. The lowest BCUT2D eigenvalue weighted by Crippen LogP contribution is -2.35. The van der Waals surface area contributed by atoms with E-state index >= 15 is 0 Å². The fourth-order valence-electron chi connectivity index (χ4n) is 2.88. The molecule has 1 heterocycles. The van der Waals surface area contributed by atoms with E-state index in [1.807, 2.05) is 54.6 Å². The summed E-state index contributed by atoms with van der Waals surface area (Å²) in [5.74, 6) is 0.0608. The minimum atomic E-state index is -0.337. The molecule has 1 atom stereocenters. The second-order valence-corrected chi connectivity index (χ2v) is 5.78. The molecule has 0 radical (unpaired) electrons. The molecule has 0 saturated heterocycles. The number of carbonyl (C=O) groups is 2. The van der Waals surface area contributed by atoms with Gasteiger partial charge in [0.15, 0.2) is 0 Å². The van der Waals surface area contributed by atoms with E-state index in [1.54, 1.807) is 4.90 Å². The number of anilines is 2. The molecule has 0 fully saturated rings. The highest BCUT2D eigenvalue weighted by Crippen LogP contribution is 2.38. The van der Waals surface area contributed by atoms with Crippen molar-refractivity contribution in [2.24, 2.45) is 0 Å². The number of rotatable bonds is 3. The van der Waals surface area contributed by atoms with Crippen LogP contribution in [0.3, 0.4) is 0 Å². The minimum absolute atomic E-state index is 0.0854. The Morgan fingerprint density at radius 2 is 1.83 bits per heavy atom. The highest BCUT2D eigenvalue weighted by atomic mass is 35.5. The molecule has 3 rings (SSSR count). The van der Waals surface area contributed by atoms with Gasteiger partial charge in [0.2, 0.25) is 11.8 Å². The Kier molecular flexibility index (Phi) is 4.63. The first-order valence-corrected chi connectivity index (χ1v) is 8.06. The van der Waals surface area contributed by atoms with Crippen LogP contribution in [0.5, 0.6) is 0 Å². The number of amides is 2. The van der Waals surface area contributed by atoms with Crippen molar-refractivity contribution >= 4 is 34.8 Å². The Bertz CT molecular complexity index is 718. The van der Waals surface area contributed by atoms with Gasteiger partial charge in [-0.1, -0.05) is 42.5 Å². The van der Waals surface area contributed by atoms with Crippen LogP contribution in [0.4, 0.5) is 11.4 Å². The number of hydrogen-bond acceptors (Lipinski definition) is 2. The molecule has 2 aromatic rings. The third kappa shape index (κ3) is 3.22. The van der Waals surface area contributed by atoms with Crippen molar-refractivity contribution in [1.82, 2.24) is 0 Å². The molecule has 4 nitrogen and oxygen atoms in total. The molecule has 2 aromatic carbocycles. The lowest BCUT2D eigenvalue weighted by molar-refractivity contribution is -0.119. The van der Waals surface area contributed by atoms with Crippen LogP contribution < -0.4 is 10.2 Å². The Hall–Kier alpha value is -2.33. The van der Waals surface area contributed by atoms with Crippen LogP contribution >= 0.6 is 11.6 Å². The van der Waals surface area contributed by atoms with Crippen molar-refractivity contribution in [2.45, 2.75) is 18.9 Å². The van der Waals surface area contributed by atoms with Gasteiger partial charge in [-0.25, -0.2) is 0 Å². The lowest BCUT2D eigenvalue weighted by Gasteiger charge is -2.30. The molecule has 0 unspecified atom stereocenters. The van der Waals surface area contributed by atoms with Crippen LogP contribution in [0, 0.1) is 0 Å². The van der Waals surface area contributed by atoms with E-state index in [9.17, 15) is 9.59 Å². The molecule has 0 aromatic heterocycles. The number of halogens is 1. The second-order valence-electron chi connectivity index (χ2n) is 5.40. The van der Waals surface area contributed by atoms with Crippen LogP contribution in [0.25, 0.3) is 0 Å². The maximum atomic E-state index is 12.7. The third-order valence-corrected chi connectivity index (χ3v) is 4.08. The molecule has 0 saturated carbocycles. The zero-order valence-electron chi connectivity index (χ0n) is 12.5. The molecule has 1 aliphatic heterocycles. The molecule has 2 amide bonds. The lowest BCUT2D eigenvalue weighted by atomic mass is 10.0. The van der Waals surface area contributed by atoms with Gasteiger partial charge in [-0.05, 0) is 17.7 Å². The van der Waals surface area contributed by atoms with Gasteiger partial charge in [0.25, 0.3) is 0 Å². The zero-order chi connectivity index (χ0) is 16.2. The number of benzene rings is 2. The van der Waals surface area contributed by atoms with Gasteiger partial charge in [-0.3, -0.25) is 9.59 Å². The largest absolute Gasteiger partial charge is 0.324 e. The molecule has 23 heavy (non-hydrogen) atoms. The van der Waals surface area contributed by atoms with Gasteiger partial charge >= 0.3 is 0 Å². The summed E-state index contributed by atoms with van der Waals surface area (Å²) in [6.07, 6.45) is 0.445. The van der Waals surface area contributed by atoms with Crippen LogP contribution in [-0.4, -0.2) is 17.7 Å². The van der Waals surface area contributed by atoms with Crippen LogP contribution in [0.2, 0.25) is 0 Å². The maximum absolute atomic E-state index is 12.7. The van der Waals surface area contributed by atoms with Crippen molar-refractivity contribution < 1.29 is 9.59 Å². The average Bonchev–Trinajstić information content (AvgIpc) is 2.71. The summed E-state index contributed by atoms with van der Waals surface area (Å²) in [5, 5.41) is 2.88. The molecule has 5 heteroatoms. The quantitative estimate of drug-likeness (QED) is 0.873. The topological polar surface area (TPSA) is 49.4 Å².